The van der Waals surface area contributed by atoms with Crippen molar-refractivity contribution < 1.29 is 9.84 Å². The van der Waals surface area contributed by atoms with Crippen molar-refractivity contribution in [1.29, 1.82) is 0 Å². The van der Waals surface area contributed by atoms with E-state index in [1.54, 1.807) is 11.3 Å². The van der Waals surface area contributed by atoms with Crippen LogP contribution in [0.4, 0.5) is 0 Å². The van der Waals surface area contributed by atoms with Crippen molar-refractivity contribution in [3.8, 4) is 11.3 Å². The number of hydrogen-bond acceptors (Lipinski definition) is 4. The van der Waals surface area contributed by atoms with Gasteiger partial charge in [-0.05, 0) is 20.3 Å². The Morgan fingerprint density at radius 2 is 2.00 bits per heavy atom. The van der Waals surface area contributed by atoms with E-state index in [0.717, 1.165) is 22.7 Å². The maximum absolute atomic E-state index is 10.5. The fourth-order valence-corrected chi connectivity index (χ4v) is 3.13. The second kappa shape index (κ2) is 7.16. The number of aliphatic hydroxyl groups is 1. The summed E-state index contributed by atoms with van der Waals surface area (Å²) in [6, 6.07) is 10.1. The molecule has 2 atom stereocenters. The Balaban J connectivity index is 2.09. The fraction of sp³-hybridized carbons (Fsp3) is 0.471. The summed E-state index contributed by atoms with van der Waals surface area (Å²) in [6.45, 7) is 6.56. The minimum absolute atomic E-state index is 0.507. The van der Waals surface area contributed by atoms with Gasteiger partial charge in [0.2, 0.25) is 0 Å². The van der Waals surface area contributed by atoms with Gasteiger partial charge in [-0.3, -0.25) is 0 Å². The highest BCUT2D eigenvalue weighted by atomic mass is 32.1. The summed E-state index contributed by atoms with van der Waals surface area (Å²) in [5.74, 6) is 0. The van der Waals surface area contributed by atoms with Gasteiger partial charge in [0.25, 0.3) is 0 Å². The molecule has 1 N–H and O–H groups in total. The molecule has 114 valence electrons. The molecule has 0 saturated heterocycles. The zero-order chi connectivity index (χ0) is 15.3. The van der Waals surface area contributed by atoms with Crippen molar-refractivity contribution in [2.75, 3.05) is 6.61 Å². The summed E-state index contributed by atoms with van der Waals surface area (Å²) < 4.78 is 5.73. The van der Waals surface area contributed by atoms with Crippen LogP contribution in [-0.2, 0) is 11.2 Å². The number of aliphatic hydroxyl groups excluding tert-OH is 1. The van der Waals surface area contributed by atoms with Crippen LogP contribution in [0.1, 0.15) is 32.2 Å². The third-order valence-corrected chi connectivity index (χ3v) is 4.74. The smallest absolute Gasteiger partial charge is 0.0959 e. The molecule has 4 heteroatoms. The number of hydrogen-bond donors (Lipinski definition) is 1. The zero-order valence-electron chi connectivity index (χ0n) is 12.9. The van der Waals surface area contributed by atoms with Crippen molar-refractivity contribution in [3.63, 3.8) is 0 Å². The number of aromatic nitrogens is 1. The van der Waals surface area contributed by atoms with Crippen LogP contribution < -0.4 is 0 Å². The standard InChI is InChI=1S/C17H23NO2S/c1-4-17(3,20-5-2)15(19)11-16-18-14(12-21-16)13-9-7-6-8-10-13/h6-10,12,15,19H,4-5,11H2,1-3H3. The van der Waals surface area contributed by atoms with Gasteiger partial charge in [-0.2, -0.15) is 0 Å². The average Bonchev–Trinajstić information content (AvgIpc) is 2.96. The van der Waals surface area contributed by atoms with E-state index >= 15 is 0 Å². The normalized spacial score (nSPS) is 15.6. The monoisotopic (exact) mass is 305 g/mol. The number of thiazole rings is 1. The van der Waals surface area contributed by atoms with Crippen LogP contribution in [-0.4, -0.2) is 28.4 Å². The summed E-state index contributed by atoms with van der Waals surface area (Å²) in [5.41, 5.74) is 1.57. The van der Waals surface area contributed by atoms with Crippen molar-refractivity contribution >= 4 is 11.3 Å². The molecule has 0 amide bonds. The largest absolute Gasteiger partial charge is 0.390 e. The van der Waals surface area contributed by atoms with E-state index in [-0.39, 0.29) is 0 Å². The van der Waals surface area contributed by atoms with Crippen molar-refractivity contribution in [2.45, 2.75) is 45.3 Å². The highest BCUT2D eigenvalue weighted by Crippen LogP contribution is 2.26. The van der Waals surface area contributed by atoms with Gasteiger partial charge in [0.1, 0.15) is 0 Å². The van der Waals surface area contributed by atoms with Crippen LogP contribution in [0.5, 0.6) is 0 Å². The van der Waals surface area contributed by atoms with E-state index in [1.807, 2.05) is 56.5 Å². The van der Waals surface area contributed by atoms with E-state index in [2.05, 4.69) is 4.98 Å². The molecule has 0 saturated carbocycles. The molecule has 21 heavy (non-hydrogen) atoms. The maximum Gasteiger partial charge on any atom is 0.0959 e. The van der Waals surface area contributed by atoms with Crippen LogP contribution in [0.3, 0.4) is 0 Å². The first-order chi connectivity index (χ1) is 10.1. The van der Waals surface area contributed by atoms with E-state index in [4.69, 9.17) is 4.74 Å². The molecule has 2 unspecified atom stereocenters. The Morgan fingerprint density at radius 1 is 1.29 bits per heavy atom. The molecule has 0 bridgehead atoms. The number of nitrogens with zero attached hydrogens (tertiary/aromatic N) is 1. The Hall–Kier alpha value is -1.23. The van der Waals surface area contributed by atoms with E-state index in [1.165, 1.54) is 0 Å². The molecule has 3 nitrogen and oxygen atoms in total. The lowest BCUT2D eigenvalue weighted by Gasteiger charge is -2.33. The minimum Gasteiger partial charge on any atom is -0.390 e. The summed E-state index contributed by atoms with van der Waals surface area (Å²) in [6.07, 6.45) is 0.762. The Kier molecular flexibility index (Phi) is 5.51. The van der Waals surface area contributed by atoms with Crippen LogP contribution in [0.25, 0.3) is 11.3 Å². The maximum atomic E-state index is 10.5. The van der Waals surface area contributed by atoms with Gasteiger partial charge in [-0.1, -0.05) is 37.3 Å². The molecule has 0 fully saturated rings. The molecule has 0 aliphatic carbocycles. The minimum atomic E-state index is -0.544. The third-order valence-electron chi connectivity index (χ3n) is 3.87. The number of ether oxygens (including phenoxy) is 1. The molecular weight excluding hydrogens is 282 g/mol. The van der Waals surface area contributed by atoms with E-state index in [9.17, 15) is 5.11 Å². The highest BCUT2D eigenvalue weighted by Gasteiger charge is 2.32. The summed E-state index contributed by atoms with van der Waals surface area (Å²) in [4.78, 5) is 4.63. The number of benzene rings is 1. The molecular formula is C17H23NO2S. The van der Waals surface area contributed by atoms with Gasteiger partial charge < -0.3 is 9.84 Å². The Labute approximate surface area is 130 Å². The highest BCUT2D eigenvalue weighted by molar-refractivity contribution is 7.09. The van der Waals surface area contributed by atoms with Gasteiger partial charge in [0, 0.05) is 24.0 Å². The SMILES string of the molecule is CCOC(C)(CC)C(O)Cc1nc(-c2ccccc2)cs1. The third kappa shape index (κ3) is 3.90. The first kappa shape index (κ1) is 16.1. The van der Waals surface area contributed by atoms with Crippen LogP contribution in [0.15, 0.2) is 35.7 Å². The second-order valence-corrected chi connectivity index (χ2v) is 6.25. The molecule has 0 aliphatic rings. The molecule has 1 aromatic heterocycles. The van der Waals surface area contributed by atoms with Gasteiger partial charge >= 0.3 is 0 Å². The lowest BCUT2D eigenvalue weighted by molar-refractivity contribution is -0.110. The summed E-state index contributed by atoms with van der Waals surface area (Å²) in [7, 11) is 0. The first-order valence-corrected chi connectivity index (χ1v) is 8.29. The van der Waals surface area contributed by atoms with Crippen molar-refractivity contribution in [1.82, 2.24) is 4.98 Å². The lowest BCUT2D eigenvalue weighted by atomic mass is 9.93. The van der Waals surface area contributed by atoms with Crippen LogP contribution >= 0.6 is 11.3 Å². The summed E-state index contributed by atoms with van der Waals surface area (Å²) >= 11 is 1.59. The van der Waals surface area contributed by atoms with Gasteiger partial charge in [0.15, 0.2) is 0 Å². The second-order valence-electron chi connectivity index (χ2n) is 5.31. The van der Waals surface area contributed by atoms with Crippen molar-refractivity contribution in [3.05, 3.63) is 40.7 Å². The Bertz CT molecular complexity index is 555. The van der Waals surface area contributed by atoms with Gasteiger partial charge in [-0.25, -0.2) is 4.98 Å². The van der Waals surface area contributed by atoms with Gasteiger partial charge in [0.05, 0.1) is 22.4 Å². The molecule has 1 heterocycles. The first-order valence-electron chi connectivity index (χ1n) is 7.41. The van der Waals surface area contributed by atoms with Crippen molar-refractivity contribution in [2.24, 2.45) is 0 Å². The molecule has 1 aromatic carbocycles. The predicted molar refractivity (Wildman–Crippen MR) is 87.6 cm³/mol. The molecule has 0 radical (unpaired) electrons. The predicted octanol–water partition coefficient (Wildman–Crippen LogP) is 3.92. The molecule has 2 aromatic rings. The van der Waals surface area contributed by atoms with Gasteiger partial charge in [-0.15, -0.1) is 11.3 Å². The topological polar surface area (TPSA) is 42.4 Å². The van der Waals surface area contributed by atoms with E-state index in [0.29, 0.717) is 13.0 Å². The lowest BCUT2D eigenvalue weighted by Crippen LogP contribution is -2.42. The zero-order valence-corrected chi connectivity index (χ0v) is 13.7. The quantitative estimate of drug-likeness (QED) is 0.843. The average molecular weight is 305 g/mol. The molecule has 0 spiro atoms. The van der Waals surface area contributed by atoms with Crippen LogP contribution in [0, 0.1) is 0 Å². The van der Waals surface area contributed by atoms with Crippen LogP contribution in [0.2, 0.25) is 0 Å². The fourth-order valence-electron chi connectivity index (χ4n) is 2.29. The van der Waals surface area contributed by atoms with E-state index < -0.39 is 11.7 Å². The Morgan fingerprint density at radius 3 is 2.62 bits per heavy atom. The number of rotatable bonds is 7. The molecule has 0 aliphatic heterocycles. The summed E-state index contributed by atoms with van der Waals surface area (Å²) in [5, 5.41) is 13.5. The molecule has 2 rings (SSSR count).